The molecule has 1 saturated carbocycles. The molecule has 1 fully saturated rings. The smallest absolute Gasteiger partial charge is 0.129 e. The molecule has 1 aliphatic rings. The van der Waals surface area contributed by atoms with Crippen molar-refractivity contribution in [1.82, 2.24) is 4.98 Å². The van der Waals surface area contributed by atoms with Crippen LogP contribution in [-0.2, 0) is 5.60 Å². The molecule has 0 bridgehead atoms. The molecule has 0 aromatic carbocycles. The maximum Gasteiger partial charge on any atom is 0.129 e. The van der Waals surface area contributed by atoms with Crippen LogP contribution >= 0.6 is 0 Å². The SMILES string of the molecule is Cc1cnc(N)c(C2(O)CCCC(C)CC2)c1. The number of nitrogen functional groups attached to an aromatic ring is 1. The van der Waals surface area contributed by atoms with E-state index in [2.05, 4.69) is 11.9 Å². The summed E-state index contributed by atoms with van der Waals surface area (Å²) in [5.74, 6) is 1.18. The number of nitrogens with two attached hydrogens (primary N) is 1. The number of pyridine rings is 1. The van der Waals surface area contributed by atoms with E-state index in [1.165, 1.54) is 6.42 Å². The second kappa shape index (κ2) is 4.65. The molecule has 1 aliphatic carbocycles. The zero-order valence-corrected chi connectivity index (χ0v) is 10.7. The third-order valence-corrected chi connectivity index (χ3v) is 3.89. The monoisotopic (exact) mass is 234 g/mol. The van der Waals surface area contributed by atoms with Gasteiger partial charge in [-0.25, -0.2) is 4.98 Å². The molecule has 0 spiro atoms. The first kappa shape index (κ1) is 12.4. The summed E-state index contributed by atoms with van der Waals surface area (Å²) in [5, 5.41) is 10.8. The van der Waals surface area contributed by atoms with Crippen molar-refractivity contribution >= 4 is 5.82 Å². The van der Waals surface area contributed by atoms with Crippen molar-refractivity contribution in [2.45, 2.75) is 51.6 Å². The van der Waals surface area contributed by atoms with Gasteiger partial charge in [0.2, 0.25) is 0 Å². The van der Waals surface area contributed by atoms with Crippen molar-refractivity contribution in [3.8, 4) is 0 Å². The molecular formula is C14H22N2O. The molecule has 1 aromatic rings. The van der Waals surface area contributed by atoms with Crippen molar-refractivity contribution in [2.75, 3.05) is 5.73 Å². The summed E-state index contributed by atoms with van der Waals surface area (Å²) >= 11 is 0. The standard InChI is InChI=1S/C14H22N2O/c1-10-4-3-6-14(17,7-5-10)12-8-11(2)9-16-13(12)15/h8-10,17H,3-7H2,1-2H3,(H2,15,16). The van der Waals surface area contributed by atoms with E-state index in [9.17, 15) is 5.11 Å². The molecule has 1 heterocycles. The van der Waals surface area contributed by atoms with E-state index in [4.69, 9.17) is 5.73 Å². The zero-order chi connectivity index (χ0) is 12.5. The summed E-state index contributed by atoms with van der Waals surface area (Å²) in [5.41, 5.74) is 7.03. The fraction of sp³-hybridized carbons (Fsp3) is 0.643. The molecule has 0 aliphatic heterocycles. The lowest BCUT2D eigenvalue weighted by Crippen LogP contribution is -2.26. The molecule has 0 saturated heterocycles. The Morgan fingerprint density at radius 3 is 2.94 bits per heavy atom. The number of hydrogen-bond acceptors (Lipinski definition) is 3. The largest absolute Gasteiger partial charge is 0.385 e. The zero-order valence-electron chi connectivity index (χ0n) is 10.7. The molecule has 0 amide bonds. The fourth-order valence-electron chi connectivity index (χ4n) is 2.72. The van der Waals surface area contributed by atoms with Crippen LogP contribution < -0.4 is 5.73 Å². The van der Waals surface area contributed by atoms with E-state index in [1.807, 2.05) is 13.0 Å². The van der Waals surface area contributed by atoms with Gasteiger partial charge in [-0.2, -0.15) is 0 Å². The van der Waals surface area contributed by atoms with E-state index in [-0.39, 0.29) is 0 Å². The quantitative estimate of drug-likeness (QED) is 0.734. The summed E-state index contributed by atoms with van der Waals surface area (Å²) in [6.07, 6.45) is 6.66. The molecule has 17 heavy (non-hydrogen) atoms. The van der Waals surface area contributed by atoms with Gasteiger partial charge in [-0.1, -0.05) is 13.3 Å². The molecule has 3 heteroatoms. The average Bonchev–Trinajstić information content (AvgIpc) is 2.46. The van der Waals surface area contributed by atoms with Gasteiger partial charge in [0.15, 0.2) is 0 Å². The summed E-state index contributed by atoms with van der Waals surface area (Å²) in [6.45, 7) is 4.24. The minimum Gasteiger partial charge on any atom is -0.385 e. The lowest BCUT2D eigenvalue weighted by Gasteiger charge is -2.28. The third-order valence-electron chi connectivity index (χ3n) is 3.89. The average molecular weight is 234 g/mol. The summed E-state index contributed by atoms with van der Waals surface area (Å²) in [4.78, 5) is 4.17. The molecule has 3 N–H and O–H groups in total. The predicted molar refractivity (Wildman–Crippen MR) is 69.5 cm³/mol. The van der Waals surface area contributed by atoms with Crippen LogP contribution in [0.25, 0.3) is 0 Å². The Balaban J connectivity index is 2.33. The Morgan fingerprint density at radius 1 is 1.41 bits per heavy atom. The summed E-state index contributed by atoms with van der Waals surface area (Å²) in [7, 11) is 0. The second-order valence-corrected chi connectivity index (χ2v) is 5.51. The van der Waals surface area contributed by atoms with Crippen molar-refractivity contribution in [2.24, 2.45) is 5.92 Å². The first-order valence-corrected chi connectivity index (χ1v) is 6.46. The van der Waals surface area contributed by atoms with Crippen LogP contribution in [-0.4, -0.2) is 10.1 Å². The van der Waals surface area contributed by atoms with Crippen LogP contribution in [0.3, 0.4) is 0 Å². The number of aliphatic hydroxyl groups is 1. The number of anilines is 1. The van der Waals surface area contributed by atoms with Gasteiger partial charge in [-0.05, 0) is 50.2 Å². The van der Waals surface area contributed by atoms with E-state index in [1.54, 1.807) is 6.20 Å². The van der Waals surface area contributed by atoms with Crippen LogP contribution in [0.1, 0.15) is 50.2 Å². The van der Waals surface area contributed by atoms with E-state index in [0.717, 1.165) is 36.8 Å². The Bertz CT molecular complexity index is 405. The van der Waals surface area contributed by atoms with Gasteiger partial charge in [-0.3, -0.25) is 0 Å². The highest BCUT2D eigenvalue weighted by Gasteiger charge is 2.33. The summed E-state index contributed by atoms with van der Waals surface area (Å²) in [6, 6.07) is 1.98. The number of aryl methyl sites for hydroxylation is 1. The Morgan fingerprint density at radius 2 is 2.18 bits per heavy atom. The van der Waals surface area contributed by atoms with Crippen LogP contribution in [0.4, 0.5) is 5.82 Å². The van der Waals surface area contributed by atoms with E-state index >= 15 is 0 Å². The molecule has 2 atom stereocenters. The summed E-state index contributed by atoms with van der Waals surface area (Å²) < 4.78 is 0. The highest BCUT2D eigenvalue weighted by Crippen LogP contribution is 2.39. The highest BCUT2D eigenvalue weighted by molar-refractivity contribution is 5.44. The van der Waals surface area contributed by atoms with Crippen LogP contribution in [0.15, 0.2) is 12.3 Å². The van der Waals surface area contributed by atoms with Crippen molar-refractivity contribution in [3.63, 3.8) is 0 Å². The Labute approximate surface area is 103 Å². The molecule has 1 aromatic heterocycles. The van der Waals surface area contributed by atoms with Gasteiger partial charge in [-0.15, -0.1) is 0 Å². The van der Waals surface area contributed by atoms with Gasteiger partial charge < -0.3 is 10.8 Å². The first-order chi connectivity index (χ1) is 8.01. The van der Waals surface area contributed by atoms with Gasteiger partial charge in [0.25, 0.3) is 0 Å². The molecule has 0 radical (unpaired) electrons. The minimum absolute atomic E-state index is 0.479. The molecular weight excluding hydrogens is 212 g/mol. The van der Waals surface area contributed by atoms with Crippen molar-refractivity contribution < 1.29 is 5.11 Å². The fourth-order valence-corrected chi connectivity index (χ4v) is 2.72. The minimum atomic E-state index is -0.770. The maximum atomic E-state index is 10.8. The van der Waals surface area contributed by atoms with Crippen LogP contribution in [0.5, 0.6) is 0 Å². The number of hydrogen-bond donors (Lipinski definition) is 2. The van der Waals surface area contributed by atoms with Crippen molar-refractivity contribution in [3.05, 3.63) is 23.4 Å². The van der Waals surface area contributed by atoms with Crippen LogP contribution in [0.2, 0.25) is 0 Å². The van der Waals surface area contributed by atoms with Crippen LogP contribution in [0, 0.1) is 12.8 Å². The topological polar surface area (TPSA) is 59.1 Å². The maximum absolute atomic E-state index is 10.8. The molecule has 3 nitrogen and oxygen atoms in total. The Kier molecular flexibility index (Phi) is 3.38. The van der Waals surface area contributed by atoms with Crippen molar-refractivity contribution in [1.29, 1.82) is 0 Å². The lowest BCUT2D eigenvalue weighted by molar-refractivity contribution is 0.0202. The first-order valence-electron chi connectivity index (χ1n) is 6.46. The van der Waals surface area contributed by atoms with Gasteiger partial charge in [0.1, 0.15) is 5.82 Å². The predicted octanol–water partition coefficient (Wildman–Crippen LogP) is 2.76. The normalized spacial score (nSPS) is 29.9. The van der Waals surface area contributed by atoms with Gasteiger partial charge in [0, 0.05) is 11.8 Å². The van der Waals surface area contributed by atoms with Gasteiger partial charge in [0.05, 0.1) is 5.60 Å². The second-order valence-electron chi connectivity index (χ2n) is 5.51. The molecule has 94 valence electrons. The lowest BCUT2D eigenvalue weighted by atomic mass is 9.86. The number of rotatable bonds is 1. The number of nitrogens with zero attached hydrogens (tertiary/aromatic N) is 1. The highest BCUT2D eigenvalue weighted by atomic mass is 16.3. The Hall–Kier alpha value is -1.09. The van der Waals surface area contributed by atoms with Gasteiger partial charge >= 0.3 is 0 Å². The van der Waals surface area contributed by atoms with E-state index in [0.29, 0.717) is 11.7 Å². The third kappa shape index (κ3) is 2.60. The molecule has 2 unspecified atom stereocenters. The molecule has 2 rings (SSSR count). The number of aromatic nitrogens is 1. The van der Waals surface area contributed by atoms with E-state index < -0.39 is 5.60 Å².